The SMILES string of the molecule is Cc1nc(C)c(C)c(N2CCN(CC3CCCN(C)C3)CC2)n1. The van der Waals surface area contributed by atoms with Gasteiger partial charge in [-0.05, 0) is 53.1 Å². The average Bonchev–Trinajstić information content (AvgIpc) is 2.52. The molecule has 2 fully saturated rings. The first kappa shape index (κ1) is 16.7. The highest BCUT2D eigenvalue weighted by Gasteiger charge is 2.24. The van der Waals surface area contributed by atoms with Gasteiger partial charge in [-0.3, -0.25) is 4.90 Å². The molecular formula is C18H31N5. The van der Waals surface area contributed by atoms with Crippen LogP contribution in [0.5, 0.6) is 0 Å². The monoisotopic (exact) mass is 317 g/mol. The van der Waals surface area contributed by atoms with Crippen LogP contribution in [-0.4, -0.2) is 72.6 Å². The molecule has 0 aliphatic carbocycles. The number of nitrogens with zero attached hydrogens (tertiary/aromatic N) is 5. The minimum atomic E-state index is 0.852. The van der Waals surface area contributed by atoms with Crippen LogP contribution < -0.4 is 4.90 Å². The number of rotatable bonds is 3. The van der Waals surface area contributed by atoms with Gasteiger partial charge in [-0.25, -0.2) is 9.97 Å². The topological polar surface area (TPSA) is 35.5 Å². The number of hydrogen-bond donors (Lipinski definition) is 0. The maximum Gasteiger partial charge on any atom is 0.135 e. The maximum atomic E-state index is 4.70. The molecule has 1 aromatic rings. The first-order valence-electron chi connectivity index (χ1n) is 9.00. The van der Waals surface area contributed by atoms with E-state index in [9.17, 15) is 0 Å². The fourth-order valence-electron chi connectivity index (χ4n) is 3.99. The van der Waals surface area contributed by atoms with E-state index in [4.69, 9.17) is 4.98 Å². The Morgan fingerprint density at radius 2 is 1.74 bits per heavy atom. The van der Waals surface area contributed by atoms with Crippen molar-refractivity contribution in [1.29, 1.82) is 0 Å². The Bertz CT molecular complexity index is 536. The number of aryl methyl sites for hydroxylation is 2. The molecule has 0 saturated carbocycles. The van der Waals surface area contributed by atoms with Crippen LogP contribution in [-0.2, 0) is 0 Å². The molecule has 23 heavy (non-hydrogen) atoms. The second-order valence-electron chi connectivity index (χ2n) is 7.36. The summed E-state index contributed by atoms with van der Waals surface area (Å²) in [5.41, 5.74) is 2.35. The standard InChI is InChI=1S/C18H31N5/c1-14-15(2)19-16(3)20-18(14)23-10-8-22(9-11-23)13-17-6-5-7-21(4)12-17/h17H,5-13H2,1-4H3. The van der Waals surface area contributed by atoms with Gasteiger partial charge in [-0.15, -0.1) is 0 Å². The van der Waals surface area contributed by atoms with Gasteiger partial charge in [-0.1, -0.05) is 0 Å². The molecule has 1 unspecified atom stereocenters. The zero-order chi connectivity index (χ0) is 16.4. The number of aromatic nitrogens is 2. The lowest BCUT2D eigenvalue weighted by Crippen LogP contribution is -2.49. The van der Waals surface area contributed by atoms with E-state index in [0.29, 0.717) is 0 Å². The maximum absolute atomic E-state index is 4.70. The largest absolute Gasteiger partial charge is 0.354 e. The Morgan fingerprint density at radius 3 is 2.43 bits per heavy atom. The highest BCUT2D eigenvalue weighted by Crippen LogP contribution is 2.22. The van der Waals surface area contributed by atoms with E-state index in [0.717, 1.165) is 49.4 Å². The molecule has 0 aromatic carbocycles. The van der Waals surface area contributed by atoms with E-state index < -0.39 is 0 Å². The molecule has 0 bridgehead atoms. The van der Waals surface area contributed by atoms with E-state index in [1.54, 1.807) is 0 Å². The van der Waals surface area contributed by atoms with E-state index in [1.165, 1.54) is 38.0 Å². The Hall–Kier alpha value is -1.20. The molecule has 0 amide bonds. The molecule has 3 rings (SSSR count). The van der Waals surface area contributed by atoms with Crippen LogP contribution in [0, 0.1) is 26.7 Å². The molecule has 2 aliphatic rings. The Morgan fingerprint density at radius 1 is 1.00 bits per heavy atom. The van der Waals surface area contributed by atoms with Gasteiger partial charge in [0.05, 0.1) is 0 Å². The normalized spacial score (nSPS) is 24.2. The molecular weight excluding hydrogens is 286 g/mol. The Labute approximate surface area is 140 Å². The summed E-state index contributed by atoms with van der Waals surface area (Å²) in [5, 5.41) is 0. The predicted octanol–water partition coefficient (Wildman–Crippen LogP) is 1.87. The van der Waals surface area contributed by atoms with Gasteiger partial charge in [0.2, 0.25) is 0 Å². The summed E-state index contributed by atoms with van der Waals surface area (Å²) in [6.07, 6.45) is 2.76. The van der Waals surface area contributed by atoms with Crippen LogP contribution in [0.15, 0.2) is 0 Å². The highest BCUT2D eigenvalue weighted by molar-refractivity contribution is 5.48. The van der Waals surface area contributed by atoms with Crippen molar-refractivity contribution in [2.75, 3.05) is 57.8 Å². The molecule has 0 radical (unpaired) electrons. The van der Waals surface area contributed by atoms with Gasteiger partial charge >= 0.3 is 0 Å². The lowest BCUT2D eigenvalue weighted by Gasteiger charge is -2.39. The number of likely N-dealkylation sites (tertiary alicyclic amines) is 1. The first-order chi connectivity index (χ1) is 11.0. The van der Waals surface area contributed by atoms with Gasteiger partial charge in [-0.2, -0.15) is 0 Å². The molecule has 1 atom stereocenters. The molecule has 0 N–H and O–H groups in total. The van der Waals surface area contributed by atoms with Crippen molar-refractivity contribution in [3.8, 4) is 0 Å². The fourth-order valence-corrected chi connectivity index (χ4v) is 3.99. The van der Waals surface area contributed by atoms with Crippen LogP contribution in [0.1, 0.15) is 29.9 Å². The van der Waals surface area contributed by atoms with Crippen molar-refractivity contribution in [2.24, 2.45) is 5.92 Å². The summed E-state index contributed by atoms with van der Waals surface area (Å²) in [5.74, 6) is 2.88. The lowest BCUT2D eigenvalue weighted by atomic mass is 9.97. The van der Waals surface area contributed by atoms with Crippen molar-refractivity contribution < 1.29 is 0 Å². The molecule has 3 heterocycles. The highest BCUT2D eigenvalue weighted by atomic mass is 15.3. The summed E-state index contributed by atoms with van der Waals surface area (Å²) in [4.78, 5) is 16.8. The van der Waals surface area contributed by atoms with Gasteiger partial charge < -0.3 is 9.80 Å². The minimum Gasteiger partial charge on any atom is -0.354 e. The first-order valence-corrected chi connectivity index (χ1v) is 9.00. The molecule has 5 nitrogen and oxygen atoms in total. The predicted molar refractivity (Wildman–Crippen MR) is 95.1 cm³/mol. The van der Waals surface area contributed by atoms with Crippen LogP contribution in [0.4, 0.5) is 5.82 Å². The zero-order valence-electron chi connectivity index (χ0n) is 15.2. The van der Waals surface area contributed by atoms with Crippen molar-refractivity contribution >= 4 is 5.82 Å². The van der Waals surface area contributed by atoms with Crippen molar-refractivity contribution in [3.63, 3.8) is 0 Å². The van der Waals surface area contributed by atoms with Crippen molar-refractivity contribution in [2.45, 2.75) is 33.6 Å². The van der Waals surface area contributed by atoms with Gasteiger partial charge in [0.25, 0.3) is 0 Å². The van der Waals surface area contributed by atoms with Crippen molar-refractivity contribution in [3.05, 3.63) is 17.1 Å². The third-order valence-corrected chi connectivity index (χ3v) is 5.39. The Balaban J connectivity index is 1.56. The van der Waals surface area contributed by atoms with Crippen LogP contribution >= 0.6 is 0 Å². The lowest BCUT2D eigenvalue weighted by molar-refractivity contribution is 0.147. The summed E-state index contributed by atoms with van der Waals surface area (Å²) < 4.78 is 0. The third-order valence-electron chi connectivity index (χ3n) is 5.39. The summed E-state index contributed by atoms with van der Waals surface area (Å²) in [6, 6.07) is 0. The van der Waals surface area contributed by atoms with Gasteiger partial charge in [0.15, 0.2) is 0 Å². The molecule has 5 heteroatoms. The Kier molecular flexibility index (Phi) is 5.17. The molecule has 0 spiro atoms. The quantitative estimate of drug-likeness (QED) is 0.850. The minimum absolute atomic E-state index is 0.852. The van der Waals surface area contributed by atoms with Crippen LogP contribution in [0.3, 0.4) is 0 Å². The van der Waals surface area contributed by atoms with Crippen LogP contribution in [0.2, 0.25) is 0 Å². The van der Waals surface area contributed by atoms with Gasteiger partial charge in [0, 0.05) is 50.5 Å². The number of hydrogen-bond acceptors (Lipinski definition) is 5. The number of piperazine rings is 1. The van der Waals surface area contributed by atoms with E-state index in [-0.39, 0.29) is 0 Å². The summed E-state index contributed by atoms with van der Waals surface area (Å²) >= 11 is 0. The number of piperidine rings is 1. The second kappa shape index (κ2) is 7.14. The molecule has 1 aromatic heterocycles. The second-order valence-corrected chi connectivity index (χ2v) is 7.36. The van der Waals surface area contributed by atoms with E-state index in [1.807, 2.05) is 6.92 Å². The molecule has 128 valence electrons. The average molecular weight is 317 g/mol. The third kappa shape index (κ3) is 4.01. The van der Waals surface area contributed by atoms with Gasteiger partial charge in [0.1, 0.15) is 11.6 Å². The van der Waals surface area contributed by atoms with Crippen LogP contribution in [0.25, 0.3) is 0 Å². The summed E-state index contributed by atoms with van der Waals surface area (Å²) in [7, 11) is 2.26. The van der Waals surface area contributed by atoms with E-state index >= 15 is 0 Å². The molecule has 2 saturated heterocycles. The zero-order valence-corrected chi connectivity index (χ0v) is 15.2. The smallest absolute Gasteiger partial charge is 0.135 e. The number of anilines is 1. The molecule has 2 aliphatic heterocycles. The van der Waals surface area contributed by atoms with Crippen molar-refractivity contribution in [1.82, 2.24) is 19.8 Å². The van der Waals surface area contributed by atoms with E-state index in [2.05, 4.69) is 40.6 Å². The summed E-state index contributed by atoms with van der Waals surface area (Å²) in [6.45, 7) is 14.5. The fraction of sp³-hybridized carbons (Fsp3) is 0.778.